The number of rotatable bonds is 4. The van der Waals surface area contributed by atoms with Gasteiger partial charge >= 0.3 is 0 Å². The highest BCUT2D eigenvalue weighted by molar-refractivity contribution is 7.14. The van der Waals surface area contributed by atoms with Crippen LogP contribution in [0.4, 0.5) is 16.5 Å². The van der Waals surface area contributed by atoms with Crippen molar-refractivity contribution >= 4 is 39.4 Å². The molecule has 0 atom stereocenters. The predicted octanol–water partition coefficient (Wildman–Crippen LogP) is 5.27. The molecule has 3 rings (SSSR count). The summed E-state index contributed by atoms with van der Waals surface area (Å²) in [6.07, 6.45) is 0. The molecular weight excluding hydrogens is 314 g/mol. The molecule has 0 aliphatic heterocycles. The fraction of sp³-hybridized carbons (Fsp3) is 0.118. The zero-order chi connectivity index (χ0) is 15.5. The first-order valence-electron chi connectivity index (χ1n) is 6.88. The highest BCUT2D eigenvalue weighted by Gasteiger charge is 2.06. The van der Waals surface area contributed by atoms with Crippen molar-refractivity contribution in [3.8, 4) is 11.3 Å². The molecule has 0 fully saturated rings. The van der Waals surface area contributed by atoms with Crippen LogP contribution in [-0.2, 0) is 0 Å². The molecule has 1 N–H and O–H groups in total. The van der Waals surface area contributed by atoms with E-state index < -0.39 is 0 Å². The Bertz CT molecular complexity index is 766. The number of hydrogen-bond acceptors (Lipinski definition) is 4. The van der Waals surface area contributed by atoms with Gasteiger partial charge in [-0.2, -0.15) is 0 Å². The van der Waals surface area contributed by atoms with E-state index in [0.717, 1.165) is 22.1 Å². The van der Waals surface area contributed by atoms with Crippen LogP contribution in [0.1, 0.15) is 0 Å². The van der Waals surface area contributed by atoms with Gasteiger partial charge in [-0.3, -0.25) is 0 Å². The van der Waals surface area contributed by atoms with Crippen LogP contribution in [0.3, 0.4) is 0 Å². The van der Waals surface area contributed by atoms with Gasteiger partial charge in [0.2, 0.25) is 0 Å². The molecule has 0 radical (unpaired) electrons. The number of halogens is 1. The van der Waals surface area contributed by atoms with E-state index in [9.17, 15) is 0 Å². The van der Waals surface area contributed by atoms with E-state index in [1.807, 2.05) is 38.4 Å². The first-order valence-corrected chi connectivity index (χ1v) is 8.13. The van der Waals surface area contributed by atoms with E-state index in [1.54, 1.807) is 11.3 Å². The Labute approximate surface area is 139 Å². The van der Waals surface area contributed by atoms with Crippen LogP contribution in [-0.4, -0.2) is 19.1 Å². The standard InChI is InChI=1S/C17H16ClN3S/c1-21(2)15-8-6-12(7-9-15)16-11-22-17(20-16)19-14-5-3-4-13(18)10-14/h3-11H,1-2H3,(H,19,20). The molecule has 5 heteroatoms. The highest BCUT2D eigenvalue weighted by atomic mass is 35.5. The van der Waals surface area contributed by atoms with Crippen LogP contribution >= 0.6 is 22.9 Å². The third-order valence-corrected chi connectivity index (χ3v) is 4.25. The van der Waals surface area contributed by atoms with Crippen LogP contribution in [0, 0.1) is 0 Å². The molecule has 2 aromatic carbocycles. The molecule has 1 aromatic heterocycles. The summed E-state index contributed by atoms with van der Waals surface area (Å²) in [7, 11) is 4.07. The zero-order valence-corrected chi connectivity index (χ0v) is 13.9. The van der Waals surface area contributed by atoms with Crippen molar-refractivity contribution < 1.29 is 0 Å². The largest absolute Gasteiger partial charge is 0.378 e. The van der Waals surface area contributed by atoms with Gasteiger partial charge in [-0.1, -0.05) is 29.8 Å². The first kappa shape index (κ1) is 14.9. The van der Waals surface area contributed by atoms with Crippen LogP contribution in [0.2, 0.25) is 5.02 Å². The normalized spacial score (nSPS) is 10.5. The van der Waals surface area contributed by atoms with Crippen molar-refractivity contribution in [1.82, 2.24) is 4.98 Å². The van der Waals surface area contributed by atoms with E-state index in [2.05, 4.69) is 44.8 Å². The highest BCUT2D eigenvalue weighted by Crippen LogP contribution is 2.28. The lowest BCUT2D eigenvalue weighted by Crippen LogP contribution is -2.07. The summed E-state index contributed by atoms with van der Waals surface area (Å²) >= 11 is 7.57. The van der Waals surface area contributed by atoms with Crippen LogP contribution in [0.15, 0.2) is 53.9 Å². The summed E-state index contributed by atoms with van der Waals surface area (Å²) in [4.78, 5) is 6.71. The predicted molar refractivity (Wildman–Crippen MR) is 96.6 cm³/mol. The lowest BCUT2D eigenvalue weighted by Gasteiger charge is -2.12. The lowest BCUT2D eigenvalue weighted by molar-refractivity contribution is 1.13. The third-order valence-electron chi connectivity index (χ3n) is 3.26. The number of nitrogens with one attached hydrogen (secondary N) is 1. The van der Waals surface area contributed by atoms with E-state index in [0.29, 0.717) is 5.02 Å². The Kier molecular flexibility index (Phi) is 4.32. The summed E-state index contributed by atoms with van der Waals surface area (Å²) in [6.45, 7) is 0. The molecule has 0 aliphatic carbocycles. The van der Waals surface area contributed by atoms with Gasteiger partial charge in [0.25, 0.3) is 0 Å². The number of anilines is 3. The Morgan fingerprint density at radius 1 is 1.09 bits per heavy atom. The SMILES string of the molecule is CN(C)c1ccc(-c2csc(Nc3cccc(Cl)c3)n2)cc1. The number of hydrogen-bond donors (Lipinski definition) is 1. The lowest BCUT2D eigenvalue weighted by atomic mass is 10.1. The molecule has 0 saturated carbocycles. The van der Waals surface area contributed by atoms with Crippen molar-refractivity contribution in [2.45, 2.75) is 0 Å². The number of thiazole rings is 1. The van der Waals surface area contributed by atoms with Crippen molar-refractivity contribution in [1.29, 1.82) is 0 Å². The molecule has 0 saturated heterocycles. The Hall–Kier alpha value is -2.04. The zero-order valence-electron chi connectivity index (χ0n) is 12.4. The van der Waals surface area contributed by atoms with E-state index in [-0.39, 0.29) is 0 Å². The summed E-state index contributed by atoms with van der Waals surface area (Å²) in [6, 6.07) is 16.0. The monoisotopic (exact) mass is 329 g/mol. The molecule has 1 heterocycles. The topological polar surface area (TPSA) is 28.2 Å². The average molecular weight is 330 g/mol. The second-order valence-corrected chi connectivity index (χ2v) is 6.41. The summed E-state index contributed by atoms with van der Waals surface area (Å²) in [5.74, 6) is 0. The van der Waals surface area contributed by atoms with Gasteiger partial charge in [-0.05, 0) is 30.3 Å². The van der Waals surface area contributed by atoms with Crippen molar-refractivity contribution in [2.24, 2.45) is 0 Å². The van der Waals surface area contributed by atoms with Crippen molar-refractivity contribution in [3.63, 3.8) is 0 Å². The second kappa shape index (κ2) is 6.38. The van der Waals surface area contributed by atoms with Gasteiger partial charge < -0.3 is 10.2 Å². The Balaban J connectivity index is 1.78. The van der Waals surface area contributed by atoms with Crippen LogP contribution < -0.4 is 10.2 Å². The third kappa shape index (κ3) is 3.40. The molecular formula is C17H16ClN3S. The molecule has 0 aliphatic rings. The summed E-state index contributed by atoms with van der Waals surface area (Å²) in [5.41, 5.74) is 4.20. The maximum Gasteiger partial charge on any atom is 0.187 e. The Morgan fingerprint density at radius 2 is 1.86 bits per heavy atom. The maximum atomic E-state index is 5.99. The molecule has 3 nitrogen and oxygen atoms in total. The van der Waals surface area contributed by atoms with E-state index in [1.165, 1.54) is 5.69 Å². The first-order chi connectivity index (χ1) is 10.6. The number of nitrogens with zero attached hydrogens (tertiary/aromatic N) is 2. The average Bonchev–Trinajstić information content (AvgIpc) is 2.96. The molecule has 3 aromatic rings. The van der Waals surface area contributed by atoms with Gasteiger partial charge in [-0.15, -0.1) is 11.3 Å². The summed E-state index contributed by atoms with van der Waals surface area (Å²) in [5, 5.41) is 6.90. The van der Waals surface area contributed by atoms with Crippen molar-refractivity contribution in [2.75, 3.05) is 24.3 Å². The number of benzene rings is 2. The number of aromatic nitrogens is 1. The van der Waals surface area contributed by atoms with Crippen LogP contribution in [0.25, 0.3) is 11.3 Å². The fourth-order valence-corrected chi connectivity index (χ4v) is 3.01. The second-order valence-electron chi connectivity index (χ2n) is 5.11. The van der Waals surface area contributed by atoms with Crippen LogP contribution in [0.5, 0.6) is 0 Å². The molecule has 112 valence electrons. The van der Waals surface area contributed by atoms with Gasteiger partial charge in [0.1, 0.15) is 0 Å². The van der Waals surface area contributed by atoms with Gasteiger partial charge in [-0.25, -0.2) is 4.98 Å². The summed E-state index contributed by atoms with van der Waals surface area (Å²) < 4.78 is 0. The van der Waals surface area contributed by atoms with Gasteiger partial charge in [0, 0.05) is 41.4 Å². The van der Waals surface area contributed by atoms with Gasteiger partial charge in [0.15, 0.2) is 5.13 Å². The quantitative estimate of drug-likeness (QED) is 0.706. The minimum Gasteiger partial charge on any atom is -0.378 e. The minimum atomic E-state index is 0.709. The van der Waals surface area contributed by atoms with Crippen molar-refractivity contribution in [3.05, 3.63) is 58.9 Å². The van der Waals surface area contributed by atoms with E-state index >= 15 is 0 Å². The van der Waals surface area contributed by atoms with E-state index in [4.69, 9.17) is 11.6 Å². The maximum absolute atomic E-state index is 5.99. The molecule has 22 heavy (non-hydrogen) atoms. The van der Waals surface area contributed by atoms with Gasteiger partial charge in [0.05, 0.1) is 5.69 Å². The fourth-order valence-electron chi connectivity index (χ4n) is 2.08. The molecule has 0 amide bonds. The minimum absolute atomic E-state index is 0.709. The molecule has 0 unspecified atom stereocenters. The molecule has 0 spiro atoms. The molecule has 0 bridgehead atoms. The smallest absolute Gasteiger partial charge is 0.187 e. The Morgan fingerprint density at radius 3 is 2.55 bits per heavy atom.